The minimum absolute atomic E-state index is 0.00564. The first-order chi connectivity index (χ1) is 21.5. The molecule has 5 heteroatoms. The topological polar surface area (TPSA) is 89.8 Å². The van der Waals surface area contributed by atoms with Gasteiger partial charge in [0, 0.05) is 0 Å². The van der Waals surface area contributed by atoms with Gasteiger partial charge in [-0.05, 0) is 57.8 Å². The summed E-state index contributed by atoms with van der Waals surface area (Å²) in [5, 5.41) is 32.9. The van der Waals surface area contributed by atoms with Crippen molar-refractivity contribution < 1.29 is 20.1 Å². The minimum atomic E-state index is -0.953. The molecule has 3 unspecified atom stereocenters. The van der Waals surface area contributed by atoms with E-state index < -0.39 is 18.2 Å². The average Bonchev–Trinajstić information content (AvgIpc) is 3.01. The fourth-order valence-electron chi connectivity index (χ4n) is 5.47. The van der Waals surface area contributed by atoms with Crippen LogP contribution in [0.4, 0.5) is 0 Å². The Labute approximate surface area is 273 Å². The van der Waals surface area contributed by atoms with Crippen molar-refractivity contribution in [2.75, 3.05) is 6.61 Å². The largest absolute Gasteiger partial charge is 0.394 e. The summed E-state index contributed by atoms with van der Waals surface area (Å²) >= 11 is 0. The molecule has 0 radical (unpaired) electrons. The molecular formula is C39H73NO4. The smallest absolute Gasteiger partial charge is 0.222 e. The molecule has 0 aliphatic rings. The number of carbonyl (C=O) groups excluding carboxylic acids is 1. The highest BCUT2D eigenvalue weighted by Gasteiger charge is 2.20. The van der Waals surface area contributed by atoms with E-state index in [4.69, 9.17) is 0 Å². The lowest BCUT2D eigenvalue weighted by atomic mass is 10.0. The van der Waals surface area contributed by atoms with Crippen LogP contribution >= 0.6 is 0 Å². The van der Waals surface area contributed by atoms with Crippen molar-refractivity contribution in [3.05, 3.63) is 36.5 Å². The second kappa shape index (κ2) is 34.4. The van der Waals surface area contributed by atoms with E-state index in [-0.39, 0.29) is 18.9 Å². The molecule has 0 spiro atoms. The number of aliphatic hydroxyl groups is 3. The Morgan fingerprint density at radius 1 is 0.568 bits per heavy atom. The molecule has 0 saturated heterocycles. The highest BCUT2D eigenvalue weighted by molar-refractivity contribution is 5.76. The summed E-state index contributed by atoms with van der Waals surface area (Å²) < 4.78 is 0. The Morgan fingerprint density at radius 3 is 1.50 bits per heavy atom. The van der Waals surface area contributed by atoms with Gasteiger partial charge >= 0.3 is 0 Å². The van der Waals surface area contributed by atoms with Gasteiger partial charge in [-0.25, -0.2) is 0 Å². The van der Waals surface area contributed by atoms with Gasteiger partial charge in [0.15, 0.2) is 0 Å². The molecule has 5 nitrogen and oxygen atoms in total. The molecule has 0 bridgehead atoms. The van der Waals surface area contributed by atoms with Crippen LogP contribution in [0.25, 0.3) is 0 Å². The second-order valence-corrected chi connectivity index (χ2v) is 12.8. The summed E-state index contributed by atoms with van der Waals surface area (Å²) in [5.41, 5.74) is 0. The van der Waals surface area contributed by atoms with Crippen molar-refractivity contribution >= 4 is 5.91 Å². The van der Waals surface area contributed by atoms with Gasteiger partial charge in [-0.1, -0.05) is 153 Å². The van der Waals surface area contributed by atoms with Gasteiger partial charge in [-0.2, -0.15) is 0 Å². The van der Waals surface area contributed by atoms with Crippen molar-refractivity contribution in [1.82, 2.24) is 5.32 Å². The fourth-order valence-corrected chi connectivity index (χ4v) is 5.47. The number of unbranched alkanes of at least 4 members (excludes halogenated alkanes) is 20. The number of aliphatic hydroxyl groups excluding tert-OH is 3. The Balaban J connectivity index is 3.78. The Kier molecular flexibility index (Phi) is 33.3. The summed E-state index contributed by atoms with van der Waals surface area (Å²) in [4.78, 5) is 12.3. The predicted molar refractivity (Wildman–Crippen MR) is 190 cm³/mol. The molecule has 0 aromatic heterocycles. The second-order valence-electron chi connectivity index (χ2n) is 12.8. The van der Waals surface area contributed by atoms with E-state index in [2.05, 4.69) is 43.5 Å². The SMILES string of the molecule is CCCCC/C=C\CCCCCC(O)CC(=O)NC(CO)C(O)/C=C/CC/C=C/CCCCCCCCCCCCCCC. The maximum Gasteiger partial charge on any atom is 0.222 e. The molecule has 0 fully saturated rings. The zero-order valence-electron chi connectivity index (χ0n) is 29.0. The predicted octanol–water partition coefficient (Wildman–Crippen LogP) is 10.0. The van der Waals surface area contributed by atoms with Crippen LogP contribution in [0.1, 0.15) is 181 Å². The minimum Gasteiger partial charge on any atom is -0.394 e. The highest BCUT2D eigenvalue weighted by Crippen LogP contribution is 2.13. The number of carbonyl (C=O) groups is 1. The van der Waals surface area contributed by atoms with Crippen molar-refractivity contribution in [1.29, 1.82) is 0 Å². The summed E-state index contributed by atoms with van der Waals surface area (Å²) in [6.07, 6.45) is 41.4. The lowest BCUT2D eigenvalue weighted by Crippen LogP contribution is -2.45. The zero-order chi connectivity index (χ0) is 32.4. The third kappa shape index (κ3) is 30.6. The van der Waals surface area contributed by atoms with Crippen LogP contribution in [0.5, 0.6) is 0 Å². The summed E-state index contributed by atoms with van der Waals surface area (Å²) in [7, 11) is 0. The number of allylic oxidation sites excluding steroid dienone is 5. The Bertz CT molecular complexity index is 690. The maximum atomic E-state index is 12.3. The molecule has 0 rings (SSSR count). The summed E-state index contributed by atoms with van der Waals surface area (Å²) in [6.45, 7) is 4.14. The summed E-state index contributed by atoms with van der Waals surface area (Å²) in [5.74, 6) is -0.338. The Hall–Kier alpha value is -1.43. The summed E-state index contributed by atoms with van der Waals surface area (Å²) in [6, 6.07) is -0.763. The van der Waals surface area contributed by atoms with E-state index in [0.29, 0.717) is 6.42 Å². The van der Waals surface area contributed by atoms with Crippen LogP contribution in [0.15, 0.2) is 36.5 Å². The van der Waals surface area contributed by atoms with Crippen molar-refractivity contribution in [3.8, 4) is 0 Å². The number of rotatable bonds is 33. The highest BCUT2D eigenvalue weighted by atomic mass is 16.3. The van der Waals surface area contributed by atoms with Gasteiger partial charge in [0.05, 0.1) is 31.3 Å². The van der Waals surface area contributed by atoms with Gasteiger partial charge in [0.2, 0.25) is 5.91 Å². The molecule has 0 aromatic rings. The fraction of sp³-hybridized carbons (Fsp3) is 0.821. The maximum absolute atomic E-state index is 12.3. The van der Waals surface area contributed by atoms with Gasteiger partial charge in [-0.3, -0.25) is 4.79 Å². The molecule has 0 aliphatic carbocycles. The molecule has 0 aromatic carbocycles. The van der Waals surface area contributed by atoms with Crippen LogP contribution in [0.2, 0.25) is 0 Å². The molecule has 0 aliphatic heterocycles. The number of hydrogen-bond donors (Lipinski definition) is 4. The lowest BCUT2D eigenvalue weighted by Gasteiger charge is -2.20. The molecule has 3 atom stereocenters. The number of amides is 1. The van der Waals surface area contributed by atoms with Crippen LogP contribution in [-0.4, -0.2) is 46.1 Å². The normalized spacial score (nSPS) is 14.2. The first-order valence-corrected chi connectivity index (χ1v) is 18.8. The molecule has 4 N–H and O–H groups in total. The molecule has 0 heterocycles. The van der Waals surface area contributed by atoms with Crippen molar-refractivity contribution in [2.45, 2.75) is 199 Å². The van der Waals surface area contributed by atoms with Gasteiger partial charge < -0.3 is 20.6 Å². The number of hydrogen-bond acceptors (Lipinski definition) is 4. The van der Waals surface area contributed by atoms with Gasteiger partial charge in [-0.15, -0.1) is 0 Å². The van der Waals surface area contributed by atoms with Crippen LogP contribution < -0.4 is 5.32 Å². The third-order valence-electron chi connectivity index (χ3n) is 8.40. The van der Waals surface area contributed by atoms with Crippen LogP contribution in [0, 0.1) is 0 Å². The molecule has 44 heavy (non-hydrogen) atoms. The Morgan fingerprint density at radius 2 is 0.977 bits per heavy atom. The van der Waals surface area contributed by atoms with E-state index in [9.17, 15) is 20.1 Å². The standard InChI is InChI=1S/C39H73NO4/c1-3-5-7-9-11-13-15-16-17-18-19-20-21-22-23-25-27-29-31-33-38(43)37(35-41)40-39(44)34-36(42)32-30-28-26-24-14-12-10-8-6-4-2/h12,14,23,25,31,33,36-38,41-43H,3-11,13,15-22,24,26-30,32,34-35H2,1-2H3,(H,40,44)/b14-12-,25-23+,33-31+. The monoisotopic (exact) mass is 620 g/mol. The quantitative estimate of drug-likeness (QED) is 0.0435. The van der Waals surface area contributed by atoms with Gasteiger partial charge in [0.1, 0.15) is 0 Å². The molecule has 258 valence electrons. The molecular weight excluding hydrogens is 546 g/mol. The third-order valence-corrected chi connectivity index (χ3v) is 8.40. The van der Waals surface area contributed by atoms with Crippen LogP contribution in [-0.2, 0) is 4.79 Å². The first-order valence-electron chi connectivity index (χ1n) is 18.8. The van der Waals surface area contributed by atoms with E-state index in [1.54, 1.807) is 6.08 Å². The van der Waals surface area contributed by atoms with Crippen molar-refractivity contribution in [3.63, 3.8) is 0 Å². The van der Waals surface area contributed by atoms with Gasteiger partial charge in [0.25, 0.3) is 0 Å². The number of nitrogens with one attached hydrogen (secondary N) is 1. The zero-order valence-corrected chi connectivity index (χ0v) is 29.0. The average molecular weight is 620 g/mol. The lowest BCUT2D eigenvalue weighted by molar-refractivity contribution is -0.124. The molecule has 0 saturated carbocycles. The first kappa shape index (κ1) is 42.6. The van der Waals surface area contributed by atoms with E-state index in [1.165, 1.54) is 103 Å². The van der Waals surface area contributed by atoms with E-state index in [1.807, 2.05) is 6.08 Å². The van der Waals surface area contributed by atoms with E-state index >= 15 is 0 Å². The van der Waals surface area contributed by atoms with Crippen molar-refractivity contribution in [2.24, 2.45) is 0 Å². The molecule has 1 amide bonds. The van der Waals surface area contributed by atoms with E-state index in [0.717, 1.165) is 51.4 Å². The van der Waals surface area contributed by atoms with Crippen LogP contribution in [0.3, 0.4) is 0 Å².